The third-order valence-electron chi connectivity index (χ3n) is 1.88. The van der Waals surface area contributed by atoms with Crippen molar-refractivity contribution in [2.45, 2.75) is 13.0 Å². The highest BCUT2D eigenvalue weighted by atomic mass is 35.5. The molecule has 1 unspecified atom stereocenters. The summed E-state index contributed by atoms with van der Waals surface area (Å²) in [7, 11) is 0. The van der Waals surface area contributed by atoms with Gasteiger partial charge in [0.25, 0.3) is 0 Å². The second kappa shape index (κ2) is 4.12. The van der Waals surface area contributed by atoms with Gasteiger partial charge in [-0.05, 0) is 18.6 Å². The zero-order valence-corrected chi connectivity index (χ0v) is 8.35. The molecule has 1 atom stereocenters. The number of rotatable bonds is 2. The molecular weight excluding hydrogens is 230 g/mol. The maximum absolute atomic E-state index is 13.3. The minimum atomic E-state index is -2.26. The molecule has 0 bridgehead atoms. The number of hydrogen-bond acceptors (Lipinski definition) is 2. The van der Waals surface area contributed by atoms with E-state index < -0.39 is 34.3 Å². The molecule has 0 heterocycles. The minimum absolute atomic E-state index is 0.0308. The van der Waals surface area contributed by atoms with Crippen molar-refractivity contribution in [1.82, 2.24) is 0 Å². The average molecular weight is 237 g/mol. The lowest BCUT2D eigenvalue weighted by Crippen LogP contribution is -2.15. The third-order valence-corrected chi connectivity index (χ3v) is 2.15. The van der Waals surface area contributed by atoms with Crippen molar-refractivity contribution < 1.29 is 23.8 Å². The minimum Gasteiger partial charge on any atom is -0.479 e. The van der Waals surface area contributed by atoms with E-state index in [0.717, 1.165) is 6.07 Å². The maximum atomic E-state index is 13.3. The van der Waals surface area contributed by atoms with Crippen LogP contribution in [0.2, 0.25) is 5.02 Å². The largest absolute Gasteiger partial charge is 0.479 e. The standard InChI is InChI=1S/C9H7ClF2O3/c1-3-2-4(10)7(12)5(6(3)11)8(13)9(14)15/h2,8,13H,1H3,(H,14,15). The van der Waals surface area contributed by atoms with Crippen molar-refractivity contribution in [1.29, 1.82) is 0 Å². The lowest BCUT2D eigenvalue weighted by molar-refractivity contribution is -0.147. The molecule has 0 radical (unpaired) electrons. The highest BCUT2D eigenvalue weighted by Crippen LogP contribution is 2.28. The van der Waals surface area contributed by atoms with Crippen LogP contribution in [0.5, 0.6) is 0 Å². The summed E-state index contributed by atoms with van der Waals surface area (Å²) in [6.45, 7) is 1.29. The van der Waals surface area contributed by atoms with Gasteiger partial charge in [0.1, 0.15) is 5.82 Å². The van der Waals surface area contributed by atoms with Crippen molar-refractivity contribution in [3.63, 3.8) is 0 Å². The van der Waals surface area contributed by atoms with Gasteiger partial charge in [-0.2, -0.15) is 0 Å². The first-order chi connectivity index (χ1) is 6.86. The molecule has 1 rings (SSSR count). The quantitative estimate of drug-likeness (QED) is 0.773. The summed E-state index contributed by atoms with van der Waals surface area (Å²) in [6.07, 6.45) is -2.26. The van der Waals surface area contributed by atoms with E-state index in [1.807, 2.05) is 0 Å². The van der Waals surface area contributed by atoms with Crippen LogP contribution in [0.1, 0.15) is 17.2 Å². The Morgan fingerprint density at radius 1 is 1.47 bits per heavy atom. The zero-order valence-electron chi connectivity index (χ0n) is 7.59. The highest BCUT2D eigenvalue weighted by molar-refractivity contribution is 6.30. The maximum Gasteiger partial charge on any atom is 0.337 e. The number of benzene rings is 1. The fourth-order valence-corrected chi connectivity index (χ4v) is 1.38. The van der Waals surface area contributed by atoms with E-state index in [0.29, 0.717) is 0 Å². The molecule has 0 amide bonds. The summed E-state index contributed by atoms with van der Waals surface area (Å²) in [6, 6.07) is 1.02. The first-order valence-electron chi connectivity index (χ1n) is 3.91. The van der Waals surface area contributed by atoms with Crippen molar-refractivity contribution in [3.8, 4) is 0 Å². The summed E-state index contributed by atoms with van der Waals surface area (Å²) in [4.78, 5) is 10.4. The predicted molar refractivity (Wildman–Crippen MR) is 48.7 cm³/mol. The number of aryl methyl sites for hydroxylation is 1. The lowest BCUT2D eigenvalue weighted by Gasteiger charge is -2.11. The van der Waals surface area contributed by atoms with Crippen LogP contribution in [-0.4, -0.2) is 16.2 Å². The Balaban J connectivity index is 3.45. The summed E-state index contributed by atoms with van der Waals surface area (Å²) < 4.78 is 26.6. The molecule has 3 nitrogen and oxygen atoms in total. The van der Waals surface area contributed by atoms with Gasteiger partial charge in [-0.25, -0.2) is 13.6 Å². The summed E-state index contributed by atoms with van der Waals surface area (Å²) >= 11 is 5.39. The Morgan fingerprint density at radius 3 is 2.47 bits per heavy atom. The second-order valence-corrected chi connectivity index (χ2v) is 3.36. The molecule has 15 heavy (non-hydrogen) atoms. The predicted octanol–water partition coefficient (Wildman–Crippen LogP) is 2.04. The zero-order chi connectivity index (χ0) is 11.7. The first kappa shape index (κ1) is 11.9. The molecule has 0 aliphatic carbocycles. The van der Waals surface area contributed by atoms with E-state index in [-0.39, 0.29) is 5.56 Å². The monoisotopic (exact) mass is 236 g/mol. The van der Waals surface area contributed by atoms with E-state index in [1.54, 1.807) is 0 Å². The number of hydrogen-bond donors (Lipinski definition) is 2. The van der Waals surface area contributed by atoms with Crippen molar-refractivity contribution >= 4 is 17.6 Å². The molecular formula is C9H7ClF2O3. The van der Waals surface area contributed by atoms with Gasteiger partial charge < -0.3 is 10.2 Å². The van der Waals surface area contributed by atoms with Crippen LogP contribution in [0.15, 0.2) is 6.07 Å². The summed E-state index contributed by atoms with van der Waals surface area (Å²) in [5, 5.41) is 17.1. The Morgan fingerprint density at radius 2 is 2.00 bits per heavy atom. The fourth-order valence-electron chi connectivity index (χ4n) is 1.12. The molecule has 0 aliphatic heterocycles. The second-order valence-electron chi connectivity index (χ2n) is 2.96. The third kappa shape index (κ3) is 2.08. The Hall–Kier alpha value is -1.20. The van der Waals surface area contributed by atoms with Gasteiger partial charge in [0.15, 0.2) is 11.9 Å². The van der Waals surface area contributed by atoms with Gasteiger partial charge in [0.05, 0.1) is 10.6 Å². The normalized spacial score (nSPS) is 12.6. The SMILES string of the molecule is Cc1cc(Cl)c(F)c(C(O)C(=O)O)c1F. The number of carboxylic acids is 1. The number of aliphatic hydroxyl groups excluding tert-OH is 1. The summed E-state index contributed by atoms with van der Waals surface area (Å²) in [5.41, 5.74) is -0.968. The Labute approximate surface area is 88.9 Å². The molecule has 6 heteroatoms. The van der Waals surface area contributed by atoms with Crippen LogP contribution in [0.3, 0.4) is 0 Å². The van der Waals surface area contributed by atoms with Gasteiger partial charge >= 0.3 is 5.97 Å². The average Bonchev–Trinajstić information content (AvgIpc) is 2.15. The number of carboxylic acid groups (broad SMARTS) is 1. The smallest absolute Gasteiger partial charge is 0.337 e. The lowest BCUT2D eigenvalue weighted by atomic mass is 10.0. The van der Waals surface area contributed by atoms with Crippen molar-refractivity contribution in [3.05, 3.63) is 33.9 Å². The van der Waals surface area contributed by atoms with Crippen LogP contribution in [0.4, 0.5) is 8.78 Å². The van der Waals surface area contributed by atoms with Gasteiger partial charge in [-0.1, -0.05) is 11.6 Å². The van der Waals surface area contributed by atoms with Crippen LogP contribution in [0, 0.1) is 18.6 Å². The van der Waals surface area contributed by atoms with Gasteiger partial charge in [0, 0.05) is 0 Å². The molecule has 82 valence electrons. The number of halogens is 3. The first-order valence-corrected chi connectivity index (χ1v) is 4.29. The number of aliphatic carboxylic acids is 1. The fraction of sp³-hybridized carbons (Fsp3) is 0.222. The van der Waals surface area contributed by atoms with Gasteiger partial charge in [0.2, 0.25) is 0 Å². The Bertz CT molecular complexity index is 394. The van der Waals surface area contributed by atoms with E-state index in [1.165, 1.54) is 6.92 Å². The molecule has 2 N–H and O–H groups in total. The molecule has 0 saturated heterocycles. The van der Waals surface area contributed by atoms with E-state index >= 15 is 0 Å². The van der Waals surface area contributed by atoms with Crippen LogP contribution in [0.25, 0.3) is 0 Å². The van der Waals surface area contributed by atoms with E-state index in [4.69, 9.17) is 21.8 Å². The van der Waals surface area contributed by atoms with Crippen molar-refractivity contribution in [2.75, 3.05) is 0 Å². The molecule has 0 spiro atoms. The number of carbonyl (C=O) groups is 1. The number of aliphatic hydroxyl groups is 1. The van der Waals surface area contributed by atoms with Crippen LogP contribution < -0.4 is 0 Å². The Kier molecular flexibility index (Phi) is 3.26. The van der Waals surface area contributed by atoms with Gasteiger partial charge in [-0.3, -0.25) is 0 Å². The van der Waals surface area contributed by atoms with E-state index in [9.17, 15) is 13.6 Å². The molecule has 1 aromatic rings. The molecule has 1 aromatic carbocycles. The molecule has 0 aliphatic rings. The van der Waals surface area contributed by atoms with E-state index in [2.05, 4.69) is 0 Å². The highest BCUT2D eigenvalue weighted by Gasteiger charge is 2.27. The molecule has 0 aromatic heterocycles. The van der Waals surface area contributed by atoms with Crippen LogP contribution >= 0.6 is 11.6 Å². The summed E-state index contributed by atoms with van der Waals surface area (Å²) in [5.74, 6) is -4.10. The van der Waals surface area contributed by atoms with Crippen molar-refractivity contribution in [2.24, 2.45) is 0 Å². The topological polar surface area (TPSA) is 57.5 Å². The van der Waals surface area contributed by atoms with Gasteiger partial charge in [-0.15, -0.1) is 0 Å². The molecule has 0 fully saturated rings. The molecule has 0 saturated carbocycles. The van der Waals surface area contributed by atoms with Crippen LogP contribution in [-0.2, 0) is 4.79 Å².